The Labute approximate surface area is 173 Å². The summed E-state index contributed by atoms with van der Waals surface area (Å²) < 4.78 is 13.5. The number of rotatable bonds is 5. The van der Waals surface area contributed by atoms with Gasteiger partial charge in [0.1, 0.15) is 4.83 Å². The summed E-state index contributed by atoms with van der Waals surface area (Å²) in [5.41, 5.74) is 1.41. The molecule has 152 valence electrons. The number of ether oxygens (including phenoxy) is 2. The molecule has 4 heterocycles. The van der Waals surface area contributed by atoms with Gasteiger partial charge < -0.3 is 9.47 Å². The smallest absolute Gasteiger partial charge is 0.263 e. The minimum Gasteiger partial charge on any atom is -0.377 e. The van der Waals surface area contributed by atoms with Crippen molar-refractivity contribution in [2.75, 3.05) is 19.0 Å². The molecule has 0 spiro atoms. The van der Waals surface area contributed by atoms with Gasteiger partial charge in [0.15, 0.2) is 5.16 Å². The third kappa shape index (κ3) is 3.66. The topological polar surface area (TPSA) is 53.4 Å². The predicted octanol–water partition coefficient (Wildman–Crippen LogP) is 4.03. The Kier molecular flexibility index (Phi) is 5.52. The Bertz CT molecular complexity index is 910. The Hall–Kier alpha value is -0.890. The fourth-order valence-electron chi connectivity index (χ4n) is 4.61. The molecule has 2 fully saturated rings. The monoisotopic (exact) mass is 420 g/mol. The van der Waals surface area contributed by atoms with Gasteiger partial charge in [0, 0.05) is 23.8 Å². The first kappa shape index (κ1) is 19.1. The Morgan fingerprint density at radius 2 is 1.96 bits per heavy atom. The van der Waals surface area contributed by atoms with Crippen LogP contribution in [0, 0.1) is 5.92 Å². The molecule has 2 saturated heterocycles. The molecule has 5 nitrogen and oxygen atoms in total. The van der Waals surface area contributed by atoms with Crippen LogP contribution in [-0.2, 0) is 28.9 Å². The van der Waals surface area contributed by atoms with Crippen molar-refractivity contribution in [3.63, 3.8) is 0 Å². The molecule has 2 aromatic heterocycles. The van der Waals surface area contributed by atoms with E-state index in [4.69, 9.17) is 14.5 Å². The summed E-state index contributed by atoms with van der Waals surface area (Å²) >= 11 is 3.42. The second-order valence-electron chi connectivity index (χ2n) is 8.42. The Balaban J connectivity index is 1.53. The molecular formula is C21H28N2O3S2. The highest BCUT2D eigenvalue weighted by molar-refractivity contribution is 7.99. The molecule has 0 N–H and O–H groups in total. The van der Waals surface area contributed by atoms with Crippen LogP contribution in [0.3, 0.4) is 0 Å². The molecule has 0 radical (unpaired) electrons. The summed E-state index contributed by atoms with van der Waals surface area (Å²) in [5, 5.41) is 1.72. The lowest BCUT2D eigenvalue weighted by molar-refractivity contribution is 0.0937. The van der Waals surface area contributed by atoms with Gasteiger partial charge in [-0.15, -0.1) is 11.3 Å². The van der Waals surface area contributed by atoms with Crippen molar-refractivity contribution < 1.29 is 9.47 Å². The van der Waals surface area contributed by atoms with Crippen LogP contribution in [0.5, 0.6) is 0 Å². The van der Waals surface area contributed by atoms with E-state index in [1.165, 1.54) is 16.9 Å². The van der Waals surface area contributed by atoms with E-state index in [9.17, 15) is 4.79 Å². The zero-order chi connectivity index (χ0) is 19.1. The SMILES string of the molecule is C[C@H]1CCc2c(sc3nc(SC[C@@H]4CCCO4)n(C[C@@H]4CCCO4)c(=O)c23)C1. The molecule has 3 atom stereocenters. The van der Waals surface area contributed by atoms with E-state index >= 15 is 0 Å². The molecule has 1 aliphatic carbocycles. The van der Waals surface area contributed by atoms with Crippen LogP contribution in [0.4, 0.5) is 0 Å². The fraction of sp³-hybridized carbons (Fsp3) is 0.714. The highest BCUT2D eigenvalue weighted by Crippen LogP contribution is 2.37. The van der Waals surface area contributed by atoms with Crippen LogP contribution in [0.25, 0.3) is 10.2 Å². The average Bonchev–Trinajstić information content (AvgIpc) is 3.42. The zero-order valence-corrected chi connectivity index (χ0v) is 18.1. The molecule has 2 aromatic rings. The standard InChI is InChI=1S/C21H28N2O3S2/c1-13-6-7-16-17(10-13)28-19-18(16)20(24)23(11-14-4-2-8-25-14)21(22-19)27-12-15-5-3-9-26-15/h13-15H,2-12H2,1H3/t13-,14-,15-/m0/s1. The van der Waals surface area contributed by atoms with E-state index in [1.54, 1.807) is 23.1 Å². The molecule has 0 saturated carbocycles. The summed E-state index contributed by atoms with van der Waals surface area (Å²) in [4.78, 5) is 20.9. The zero-order valence-electron chi connectivity index (χ0n) is 16.4. The number of aromatic nitrogens is 2. The quantitative estimate of drug-likeness (QED) is 0.540. The summed E-state index contributed by atoms with van der Waals surface area (Å²) in [7, 11) is 0. The second-order valence-corrected chi connectivity index (χ2v) is 10.5. The lowest BCUT2D eigenvalue weighted by atomic mass is 9.89. The lowest BCUT2D eigenvalue weighted by Gasteiger charge is -2.18. The maximum atomic E-state index is 13.6. The maximum absolute atomic E-state index is 13.6. The highest BCUT2D eigenvalue weighted by Gasteiger charge is 2.27. The maximum Gasteiger partial charge on any atom is 0.263 e. The van der Waals surface area contributed by atoms with Crippen molar-refractivity contribution in [3.05, 3.63) is 20.8 Å². The van der Waals surface area contributed by atoms with E-state index in [2.05, 4.69) is 6.92 Å². The van der Waals surface area contributed by atoms with E-state index in [0.29, 0.717) is 12.5 Å². The highest BCUT2D eigenvalue weighted by atomic mass is 32.2. The van der Waals surface area contributed by atoms with Crippen LogP contribution in [0.1, 0.15) is 49.5 Å². The number of fused-ring (bicyclic) bond motifs is 3. The number of thioether (sulfide) groups is 1. The van der Waals surface area contributed by atoms with Crippen LogP contribution in [0.15, 0.2) is 9.95 Å². The predicted molar refractivity (Wildman–Crippen MR) is 114 cm³/mol. The first-order valence-electron chi connectivity index (χ1n) is 10.6. The van der Waals surface area contributed by atoms with E-state index in [1.807, 2.05) is 4.57 Å². The molecular weight excluding hydrogens is 392 g/mol. The van der Waals surface area contributed by atoms with E-state index in [-0.39, 0.29) is 17.8 Å². The first-order chi connectivity index (χ1) is 13.7. The van der Waals surface area contributed by atoms with Gasteiger partial charge in [0.25, 0.3) is 5.56 Å². The third-order valence-electron chi connectivity index (χ3n) is 6.21. The van der Waals surface area contributed by atoms with E-state index < -0.39 is 0 Å². The van der Waals surface area contributed by atoms with Gasteiger partial charge in [-0.1, -0.05) is 18.7 Å². The molecule has 0 amide bonds. The summed E-state index contributed by atoms with van der Waals surface area (Å²) in [6, 6.07) is 0. The van der Waals surface area contributed by atoms with Crippen molar-refractivity contribution >= 4 is 33.3 Å². The number of aryl methyl sites for hydroxylation is 1. The van der Waals surface area contributed by atoms with Gasteiger partial charge >= 0.3 is 0 Å². The van der Waals surface area contributed by atoms with Gasteiger partial charge in [-0.25, -0.2) is 4.98 Å². The molecule has 2 aliphatic heterocycles. The van der Waals surface area contributed by atoms with Crippen LogP contribution < -0.4 is 5.56 Å². The number of nitrogens with zero attached hydrogens (tertiary/aromatic N) is 2. The summed E-state index contributed by atoms with van der Waals surface area (Å²) in [6.45, 7) is 4.59. The van der Waals surface area contributed by atoms with Crippen molar-refractivity contribution in [3.8, 4) is 0 Å². The van der Waals surface area contributed by atoms with Crippen LogP contribution >= 0.6 is 23.1 Å². The molecule has 0 bridgehead atoms. The number of hydrogen-bond donors (Lipinski definition) is 0. The second kappa shape index (κ2) is 8.09. The van der Waals surface area contributed by atoms with Crippen molar-refractivity contribution in [2.24, 2.45) is 5.92 Å². The minimum absolute atomic E-state index is 0.133. The van der Waals surface area contributed by atoms with Crippen molar-refractivity contribution in [2.45, 2.75) is 75.8 Å². The summed E-state index contributed by atoms with van der Waals surface area (Å²) in [5.74, 6) is 1.56. The molecule has 0 aromatic carbocycles. The molecule has 28 heavy (non-hydrogen) atoms. The minimum atomic E-state index is 0.133. The van der Waals surface area contributed by atoms with Crippen LogP contribution in [-0.4, -0.2) is 40.7 Å². The van der Waals surface area contributed by atoms with Gasteiger partial charge in [-0.05, 0) is 56.4 Å². The number of hydrogen-bond acceptors (Lipinski definition) is 6. The molecule has 5 rings (SSSR count). The number of thiophene rings is 1. The van der Waals surface area contributed by atoms with Crippen molar-refractivity contribution in [1.82, 2.24) is 9.55 Å². The first-order valence-corrected chi connectivity index (χ1v) is 12.4. The van der Waals surface area contributed by atoms with Crippen LogP contribution in [0.2, 0.25) is 0 Å². The largest absolute Gasteiger partial charge is 0.377 e. The van der Waals surface area contributed by atoms with Crippen molar-refractivity contribution in [1.29, 1.82) is 0 Å². The average molecular weight is 421 g/mol. The summed E-state index contributed by atoms with van der Waals surface area (Å²) in [6.07, 6.45) is 8.03. The van der Waals surface area contributed by atoms with E-state index in [0.717, 1.165) is 72.9 Å². The fourth-order valence-corrected chi connectivity index (χ4v) is 7.11. The molecule has 7 heteroatoms. The van der Waals surface area contributed by atoms with Gasteiger partial charge in [-0.2, -0.15) is 0 Å². The Morgan fingerprint density at radius 3 is 2.71 bits per heavy atom. The Morgan fingerprint density at radius 1 is 1.18 bits per heavy atom. The molecule has 0 unspecified atom stereocenters. The van der Waals surface area contributed by atoms with Gasteiger partial charge in [0.2, 0.25) is 0 Å². The normalized spacial score (nSPS) is 27.5. The third-order valence-corrected chi connectivity index (χ3v) is 8.47. The van der Waals surface area contributed by atoms with Gasteiger partial charge in [0.05, 0.1) is 24.1 Å². The van der Waals surface area contributed by atoms with Gasteiger partial charge in [-0.3, -0.25) is 9.36 Å². The molecule has 3 aliphatic rings. The lowest BCUT2D eigenvalue weighted by Crippen LogP contribution is -2.29.